The van der Waals surface area contributed by atoms with Gasteiger partial charge >= 0.3 is 5.97 Å². The highest BCUT2D eigenvalue weighted by Crippen LogP contribution is 2.29. The number of carbonyl (C=O) groups is 1. The Kier molecular flexibility index (Phi) is 5.06. The summed E-state index contributed by atoms with van der Waals surface area (Å²) >= 11 is 0. The van der Waals surface area contributed by atoms with E-state index in [1.54, 1.807) is 24.4 Å². The molecule has 1 heterocycles. The number of halogens is 1. The largest absolute Gasteiger partial charge is 0.469 e. The van der Waals surface area contributed by atoms with E-state index in [9.17, 15) is 17.6 Å². The molecule has 0 unspecified atom stereocenters. The van der Waals surface area contributed by atoms with Crippen molar-refractivity contribution in [3.05, 3.63) is 54.5 Å². The molecule has 0 amide bonds. The lowest BCUT2D eigenvalue weighted by molar-refractivity contribution is -0.140. The molecule has 3 rings (SSSR count). The molecule has 2 aromatic carbocycles. The van der Waals surface area contributed by atoms with Crippen molar-refractivity contribution in [2.75, 3.05) is 13.7 Å². The molecule has 6 nitrogen and oxygen atoms in total. The summed E-state index contributed by atoms with van der Waals surface area (Å²) in [6.07, 6.45) is 1.71. The van der Waals surface area contributed by atoms with Gasteiger partial charge in [-0.15, -0.1) is 0 Å². The molecule has 0 aliphatic rings. The van der Waals surface area contributed by atoms with Crippen LogP contribution in [-0.4, -0.2) is 33.0 Å². The minimum Gasteiger partial charge on any atom is -0.469 e. The fraction of sp³-hybridized carbons (Fsp3) is 0.167. The first kappa shape index (κ1) is 18.1. The van der Waals surface area contributed by atoms with Crippen molar-refractivity contribution < 1.29 is 22.3 Å². The second-order valence-electron chi connectivity index (χ2n) is 5.64. The van der Waals surface area contributed by atoms with Gasteiger partial charge in [-0.2, -0.15) is 0 Å². The fourth-order valence-electron chi connectivity index (χ4n) is 2.62. The van der Waals surface area contributed by atoms with Crippen molar-refractivity contribution in [2.45, 2.75) is 11.3 Å². The number of hydrogen-bond donors (Lipinski definition) is 2. The van der Waals surface area contributed by atoms with Crippen molar-refractivity contribution in [1.82, 2.24) is 9.71 Å². The molecule has 0 spiro atoms. The lowest BCUT2D eigenvalue weighted by Crippen LogP contribution is -2.26. The van der Waals surface area contributed by atoms with Gasteiger partial charge in [0.05, 0.1) is 18.4 Å². The van der Waals surface area contributed by atoms with Crippen LogP contribution in [0, 0.1) is 5.82 Å². The van der Waals surface area contributed by atoms with E-state index >= 15 is 0 Å². The second kappa shape index (κ2) is 7.27. The molecule has 0 bridgehead atoms. The van der Waals surface area contributed by atoms with Crippen LogP contribution in [0.5, 0.6) is 0 Å². The summed E-state index contributed by atoms with van der Waals surface area (Å²) in [5.74, 6) is -0.816. The van der Waals surface area contributed by atoms with Crippen molar-refractivity contribution in [1.29, 1.82) is 0 Å². The number of nitrogens with one attached hydrogen (secondary N) is 2. The number of carbonyl (C=O) groups excluding carboxylic acids is 1. The minimum atomic E-state index is -3.71. The number of aromatic nitrogens is 1. The zero-order chi connectivity index (χ0) is 18.7. The van der Waals surface area contributed by atoms with Crippen LogP contribution in [-0.2, 0) is 19.6 Å². The molecule has 1 aromatic heterocycles. The number of H-pyrrole nitrogens is 1. The van der Waals surface area contributed by atoms with Gasteiger partial charge in [0.25, 0.3) is 0 Å². The normalized spacial score (nSPS) is 11.6. The van der Waals surface area contributed by atoms with Gasteiger partial charge < -0.3 is 9.72 Å². The highest BCUT2D eigenvalue weighted by atomic mass is 32.2. The first-order valence-electron chi connectivity index (χ1n) is 7.84. The van der Waals surface area contributed by atoms with Gasteiger partial charge in [0.1, 0.15) is 5.82 Å². The Labute approximate surface area is 150 Å². The van der Waals surface area contributed by atoms with E-state index in [-0.39, 0.29) is 23.7 Å². The Morgan fingerprint density at radius 2 is 1.92 bits per heavy atom. The van der Waals surface area contributed by atoms with Gasteiger partial charge in [-0.1, -0.05) is 12.1 Å². The summed E-state index contributed by atoms with van der Waals surface area (Å²) in [4.78, 5) is 14.2. The van der Waals surface area contributed by atoms with E-state index in [4.69, 9.17) is 0 Å². The van der Waals surface area contributed by atoms with E-state index in [0.717, 1.165) is 16.5 Å². The summed E-state index contributed by atoms with van der Waals surface area (Å²) in [7, 11) is -2.47. The van der Waals surface area contributed by atoms with Crippen LogP contribution in [0.2, 0.25) is 0 Å². The predicted octanol–water partition coefficient (Wildman–Crippen LogP) is 2.82. The number of benzene rings is 2. The lowest BCUT2D eigenvalue weighted by atomic mass is 10.1. The third-order valence-corrected chi connectivity index (χ3v) is 5.45. The number of rotatable bonds is 6. The maximum absolute atomic E-state index is 13.3. The zero-order valence-corrected chi connectivity index (χ0v) is 14.8. The molecule has 26 heavy (non-hydrogen) atoms. The number of aromatic amines is 1. The average molecular weight is 376 g/mol. The van der Waals surface area contributed by atoms with E-state index in [1.165, 1.54) is 31.4 Å². The van der Waals surface area contributed by atoms with E-state index in [1.807, 2.05) is 0 Å². The van der Waals surface area contributed by atoms with Gasteiger partial charge in [0, 0.05) is 29.2 Å². The molecule has 8 heteroatoms. The number of fused-ring (bicyclic) bond motifs is 1. The Bertz CT molecular complexity index is 1040. The quantitative estimate of drug-likeness (QED) is 0.648. The van der Waals surface area contributed by atoms with Crippen molar-refractivity contribution in [2.24, 2.45) is 0 Å². The Morgan fingerprint density at radius 1 is 1.19 bits per heavy atom. The van der Waals surface area contributed by atoms with Crippen molar-refractivity contribution in [3.8, 4) is 11.1 Å². The van der Waals surface area contributed by atoms with Gasteiger partial charge in [0.15, 0.2) is 0 Å². The smallest absolute Gasteiger partial charge is 0.306 e. The third-order valence-electron chi connectivity index (χ3n) is 3.97. The summed E-state index contributed by atoms with van der Waals surface area (Å²) in [5, 5.41) is 0.846. The molecule has 3 aromatic rings. The van der Waals surface area contributed by atoms with Crippen LogP contribution in [0.15, 0.2) is 53.6 Å². The molecule has 0 atom stereocenters. The number of ether oxygens (including phenoxy) is 1. The Balaban J connectivity index is 1.80. The maximum Gasteiger partial charge on any atom is 0.306 e. The maximum atomic E-state index is 13.3. The Hall–Kier alpha value is -2.71. The number of sulfonamides is 1. The standard InChI is InChI=1S/C18H17FN2O4S/c1-25-18(22)8-9-21-26(23,24)14-5-2-12(3-6-14)16-11-20-17-10-13(19)4-7-15(16)17/h2-7,10-11,20-21H,8-9H2,1H3. The summed E-state index contributed by atoms with van der Waals surface area (Å²) in [6, 6.07) is 10.8. The zero-order valence-electron chi connectivity index (χ0n) is 14.0. The molecule has 136 valence electrons. The van der Waals surface area contributed by atoms with Gasteiger partial charge in [0.2, 0.25) is 10.0 Å². The second-order valence-corrected chi connectivity index (χ2v) is 7.41. The topological polar surface area (TPSA) is 88.3 Å². The molecule has 0 fully saturated rings. The monoisotopic (exact) mass is 376 g/mol. The molecular formula is C18H17FN2O4S. The van der Waals surface area contributed by atoms with Crippen molar-refractivity contribution in [3.63, 3.8) is 0 Å². The minimum absolute atomic E-state index is 0.0369. The SMILES string of the molecule is COC(=O)CCNS(=O)(=O)c1ccc(-c2c[nH]c3cc(F)ccc23)cc1. The predicted molar refractivity (Wildman–Crippen MR) is 95.5 cm³/mol. The Morgan fingerprint density at radius 3 is 2.62 bits per heavy atom. The van der Waals surface area contributed by atoms with Crippen LogP contribution in [0.3, 0.4) is 0 Å². The van der Waals surface area contributed by atoms with Crippen LogP contribution >= 0.6 is 0 Å². The third kappa shape index (κ3) is 3.76. The highest BCUT2D eigenvalue weighted by molar-refractivity contribution is 7.89. The molecule has 2 N–H and O–H groups in total. The molecule has 0 saturated carbocycles. The first-order chi connectivity index (χ1) is 12.4. The van der Waals surface area contributed by atoms with Crippen LogP contribution in [0.25, 0.3) is 22.0 Å². The van der Waals surface area contributed by atoms with E-state index in [2.05, 4.69) is 14.4 Å². The van der Waals surface area contributed by atoms with Gasteiger partial charge in [-0.25, -0.2) is 17.5 Å². The van der Waals surface area contributed by atoms with Crippen molar-refractivity contribution >= 4 is 26.9 Å². The van der Waals surface area contributed by atoms with E-state index < -0.39 is 16.0 Å². The molecule has 0 aliphatic carbocycles. The fourth-order valence-corrected chi connectivity index (χ4v) is 3.66. The number of esters is 1. The molecule has 0 aliphatic heterocycles. The molecule has 0 saturated heterocycles. The average Bonchev–Trinajstić information content (AvgIpc) is 3.04. The highest BCUT2D eigenvalue weighted by Gasteiger charge is 2.15. The summed E-state index contributed by atoms with van der Waals surface area (Å²) < 4.78 is 44.6. The van der Waals surface area contributed by atoms with E-state index in [0.29, 0.717) is 5.52 Å². The number of hydrogen-bond acceptors (Lipinski definition) is 4. The van der Waals surface area contributed by atoms with Gasteiger partial charge in [-0.3, -0.25) is 4.79 Å². The summed E-state index contributed by atoms with van der Waals surface area (Å²) in [6.45, 7) is -0.0369. The van der Waals surface area contributed by atoms with Crippen LogP contribution < -0.4 is 4.72 Å². The number of methoxy groups -OCH3 is 1. The van der Waals surface area contributed by atoms with Crippen LogP contribution in [0.4, 0.5) is 4.39 Å². The molecular weight excluding hydrogens is 359 g/mol. The molecule has 0 radical (unpaired) electrons. The first-order valence-corrected chi connectivity index (χ1v) is 9.32. The van der Waals surface area contributed by atoms with Crippen LogP contribution in [0.1, 0.15) is 6.42 Å². The van der Waals surface area contributed by atoms with Gasteiger partial charge in [-0.05, 0) is 35.9 Å². The summed E-state index contributed by atoms with van der Waals surface area (Å²) in [5.41, 5.74) is 2.32. The lowest BCUT2D eigenvalue weighted by Gasteiger charge is -2.07.